The summed E-state index contributed by atoms with van der Waals surface area (Å²) < 4.78 is 15.1. The Balaban J connectivity index is 2.67. The number of carbonyl (C=O) groups is 2. The third kappa shape index (κ3) is 6.77. The first kappa shape index (κ1) is 20.9. The molecular weight excluding hydrogens is 348 g/mol. The van der Waals surface area contributed by atoms with E-state index in [9.17, 15) is 19.7 Å². The number of nitrogens with zero attached hydrogens (tertiary/aromatic N) is 1. The van der Waals surface area contributed by atoms with Crippen molar-refractivity contribution in [2.45, 2.75) is 6.42 Å². The molecule has 1 amide bonds. The van der Waals surface area contributed by atoms with Crippen molar-refractivity contribution in [2.75, 3.05) is 34.0 Å². The second-order valence-electron chi connectivity index (χ2n) is 4.90. The molecule has 0 bridgehead atoms. The molecule has 0 saturated heterocycles. The minimum Gasteiger partial charge on any atom is -0.493 e. The molecule has 0 aliphatic carbocycles. The van der Waals surface area contributed by atoms with Crippen LogP contribution in [-0.2, 0) is 14.3 Å². The molecule has 0 spiro atoms. The van der Waals surface area contributed by atoms with Crippen LogP contribution in [0.3, 0.4) is 0 Å². The quantitative estimate of drug-likeness (QED) is 0.257. The number of nitro benzene ring substituents is 1. The molecule has 0 heterocycles. The SMILES string of the molecule is COc1cc(/C=C/C(=O)NCCOCCC(=O)O)c([N+](=O)[O-])cc1OC. The molecule has 10 heteroatoms. The van der Waals surface area contributed by atoms with Crippen molar-refractivity contribution in [3.8, 4) is 11.5 Å². The minimum absolute atomic E-state index is 0.0544. The number of carboxylic acids is 1. The lowest BCUT2D eigenvalue weighted by molar-refractivity contribution is -0.385. The summed E-state index contributed by atoms with van der Waals surface area (Å²) in [4.78, 5) is 32.6. The molecule has 142 valence electrons. The van der Waals surface area contributed by atoms with E-state index < -0.39 is 16.8 Å². The van der Waals surface area contributed by atoms with Crippen molar-refractivity contribution < 1.29 is 33.8 Å². The van der Waals surface area contributed by atoms with Crippen LogP contribution >= 0.6 is 0 Å². The number of carbonyl (C=O) groups excluding carboxylic acids is 1. The Kier molecular flexibility index (Phi) is 8.58. The van der Waals surface area contributed by atoms with Crippen LogP contribution in [0.4, 0.5) is 5.69 Å². The van der Waals surface area contributed by atoms with Gasteiger partial charge in [0.15, 0.2) is 11.5 Å². The first-order valence-electron chi connectivity index (χ1n) is 7.55. The van der Waals surface area contributed by atoms with Gasteiger partial charge in [-0.15, -0.1) is 0 Å². The molecule has 10 nitrogen and oxygen atoms in total. The van der Waals surface area contributed by atoms with Gasteiger partial charge in [0.25, 0.3) is 5.69 Å². The summed E-state index contributed by atoms with van der Waals surface area (Å²) in [6, 6.07) is 2.61. The number of hydrogen-bond donors (Lipinski definition) is 2. The lowest BCUT2D eigenvalue weighted by Crippen LogP contribution is -2.25. The molecule has 1 aromatic rings. The molecule has 0 aromatic heterocycles. The van der Waals surface area contributed by atoms with Crippen LogP contribution < -0.4 is 14.8 Å². The number of amides is 1. The molecule has 0 radical (unpaired) electrons. The maximum atomic E-state index is 11.7. The summed E-state index contributed by atoms with van der Waals surface area (Å²) in [6.07, 6.45) is 2.32. The fourth-order valence-electron chi connectivity index (χ4n) is 1.91. The number of rotatable bonds is 11. The van der Waals surface area contributed by atoms with Gasteiger partial charge in [-0.3, -0.25) is 19.7 Å². The summed E-state index contributed by atoms with van der Waals surface area (Å²) in [5, 5.41) is 22.1. The zero-order chi connectivity index (χ0) is 19.5. The van der Waals surface area contributed by atoms with E-state index in [1.165, 1.54) is 32.4 Å². The van der Waals surface area contributed by atoms with Crippen molar-refractivity contribution in [1.29, 1.82) is 0 Å². The second-order valence-corrected chi connectivity index (χ2v) is 4.90. The fourth-order valence-corrected chi connectivity index (χ4v) is 1.91. The standard InChI is InChI=1S/C16H20N2O8/c1-24-13-9-11(12(18(22)23)10-14(13)25-2)3-4-15(19)17-6-8-26-7-5-16(20)21/h3-4,9-10H,5-8H2,1-2H3,(H,17,19)(H,20,21)/b4-3+. The van der Waals surface area contributed by atoms with Gasteiger partial charge < -0.3 is 24.6 Å². The third-order valence-electron chi connectivity index (χ3n) is 3.15. The molecule has 2 N–H and O–H groups in total. The van der Waals surface area contributed by atoms with Gasteiger partial charge >= 0.3 is 5.97 Å². The topological polar surface area (TPSA) is 137 Å². The molecule has 1 rings (SSSR count). The van der Waals surface area contributed by atoms with Crippen LogP contribution in [0.2, 0.25) is 0 Å². The molecule has 0 aliphatic heterocycles. The van der Waals surface area contributed by atoms with Crippen LogP contribution in [0.15, 0.2) is 18.2 Å². The summed E-state index contributed by atoms with van der Waals surface area (Å²) in [6.45, 7) is 0.388. The van der Waals surface area contributed by atoms with Crippen molar-refractivity contribution in [3.05, 3.63) is 33.9 Å². The Hall–Kier alpha value is -3.14. The zero-order valence-electron chi connectivity index (χ0n) is 14.4. The summed E-state index contributed by atoms with van der Waals surface area (Å²) >= 11 is 0. The van der Waals surface area contributed by atoms with E-state index in [1.807, 2.05) is 0 Å². The van der Waals surface area contributed by atoms with Crippen LogP contribution in [-0.4, -0.2) is 55.9 Å². The maximum Gasteiger partial charge on any atom is 0.305 e. The smallest absolute Gasteiger partial charge is 0.305 e. The Morgan fingerprint density at radius 2 is 1.88 bits per heavy atom. The van der Waals surface area contributed by atoms with E-state index in [0.29, 0.717) is 5.75 Å². The highest BCUT2D eigenvalue weighted by Crippen LogP contribution is 2.35. The number of methoxy groups -OCH3 is 2. The lowest BCUT2D eigenvalue weighted by Gasteiger charge is -2.08. The van der Waals surface area contributed by atoms with E-state index in [0.717, 1.165) is 6.08 Å². The van der Waals surface area contributed by atoms with Gasteiger partial charge in [-0.05, 0) is 12.1 Å². The molecule has 0 saturated carbocycles. The van der Waals surface area contributed by atoms with Crippen molar-refractivity contribution in [2.24, 2.45) is 0 Å². The van der Waals surface area contributed by atoms with Gasteiger partial charge in [-0.2, -0.15) is 0 Å². The average Bonchev–Trinajstić information content (AvgIpc) is 2.61. The number of carboxylic acid groups (broad SMARTS) is 1. The minimum atomic E-state index is -0.964. The summed E-state index contributed by atoms with van der Waals surface area (Å²) in [5.74, 6) is -0.936. The number of nitrogens with one attached hydrogen (secondary N) is 1. The normalized spacial score (nSPS) is 10.5. The van der Waals surface area contributed by atoms with E-state index in [1.54, 1.807) is 0 Å². The Morgan fingerprint density at radius 3 is 2.46 bits per heavy atom. The highest BCUT2D eigenvalue weighted by Gasteiger charge is 2.17. The Morgan fingerprint density at radius 1 is 1.23 bits per heavy atom. The van der Waals surface area contributed by atoms with Crippen LogP contribution in [0, 0.1) is 10.1 Å². The first-order chi connectivity index (χ1) is 12.4. The summed E-state index contributed by atoms with van der Waals surface area (Å²) in [7, 11) is 2.76. The van der Waals surface area contributed by atoms with Gasteiger partial charge in [0.05, 0.1) is 50.4 Å². The molecular formula is C16H20N2O8. The molecule has 0 unspecified atom stereocenters. The molecule has 0 fully saturated rings. The van der Waals surface area contributed by atoms with E-state index in [4.69, 9.17) is 19.3 Å². The predicted octanol–water partition coefficient (Wildman–Crippen LogP) is 1.23. The number of benzene rings is 1. The van der Waals surface area contributed by atoms with Gasteiger partial charge in [0, 0.05) is 12.6 Å². The van der Waals surface area contributed by atoms with E-state index in [-0.39, 0.29) is 43.2 Å². The van der Waals surface area contributed by atoms with E-state index in [2.05, 4.69) is 5.32 Å². The highest BCUT2D eigenvalue weighted by atomic mass is 16.6. The molecule has 1 aromatic carbocycles. The van der Waals surface area contributed by atoms with Crippen molar-refractivity contribution in [3.63, 3.8) is 0 Å². The van der Waals surface area contributed by atoms with Crippen LogP contribution in [0.5, 0.6) is 11.5 Å². The number of ether oxygens (including phenoxy) is 3. The zero-order valence-corrected chi connectivity index (χ0v) is 14.4. The number of nitro groups is 1. The van der Waals surface area contributed by atoms with E-state index >= 15 is 0 Å². The van der Waals surface area contributed by atoms with Crippen LogP contribution in [0.25, 0.3) is 6.08 Å². The lowest BCUT2D eigenvalue weighted by atomic mass is 10.1. The summed E-state index contributed by atoms with van der Waals surface area (Å²) in [5.41, 5.74) is -0.0517. The van der Waals surface area contributed by atoms with Crippen molar-refractivity contribution >= 4 is 23.6 Å². The van der Waals surface area contributed by atoms with Gasteiger partial charge in [0.2, 0.25) is 5.91 Å². The number of aliphatic carboxylic acids is 1. The maximum absolute atomic E-state index is 11.7. The Bertz CT molecular complexity index is 687. The molecule has 26 heavy (non-hydrogen) atoms. The van der Waals surface area contributed by atoms with Crippen molar-refractivity contribution in [1.82, 2.24) is 5.32 Å². The molecule has 0 aliphatic rings. The average molecular weight is 368 g/mol. The van der Waals surface area contributed by atoms with Crippen LogP contribution in [0.1, 0.15) is 12.0 Å². The molecule has 0 atom stereocenters. The van der Waals surface area contributed by atoms with Gasteiger partial charge in [-0.1, -0.05) is 0 Å². The Labute approximate surface area is 149 Å². The second kappa shape index (κ2) is 10.7. The number of hydrogen-bond acceptors (Lipinski definition) is 7. The predicted molar refractivity (Wildman–Crippen MR) is 91.3 cm³/mol. The third-order valence-corrected chi connectivity index (χ3v) is 3.15. The van der Waals surface area contributed by atoms with Gasteiger partial charge in [0.1, 0.15) is 0 Å². The van der Waals surface area contributed by atoms with Gasteiger partial charge in [-0.25, -0.2) is 0 Å². The first-order valence-corrected chi connectivity index (χ1v) is 7.55. The fraction of sp³-hybridized carbons (Fsp3) is 0.375. The monoisotopic (exact) mass is 368 g/mol. The largest absolute Gasteiger partial charge is 0.493 e. The highest BCUT2D eigenvalue weighted by molar-refractivity contribution is 5.92.